The van der Waals surface area contributed by atoms with Crippen LogP contribution in [0.25, 0.3) is 0 Å². The molecule has 2 unspecified atom stereocenters. The number of carbonyl (C=O) groups is 2. The summed E-state index contributed by atoms with van der Waals surface area (Å²) in [7, 11) is 0. The summed E-state index contributed by atoms with van der Waals surface area (Å²) in [5.41, 5.74) is 5.62. The van der Waals surface area contributed by atoms with Crippen molar-refractivity contribution in [2.45, 2.75) is 12.5 Å². The molecule has 0 aliphatic heterocycles. The van der Waals surface area contributed by atoms with Crippen LogP contribution < -0.4 is 11.1 Å². The molecule has 0 saturated carbocycles. The van der Waals surface area contributed by atoms with Crippen molar-refractivity contribution in [1.29, 1.82) is 0 Å². The highest BCUT2D eigenvalue weighted by molar-refractivity contribution is 5.81. The zero-order valence-corrected chi connectivity index (χ0v) is 8.89. The molecule has 0 heterocycles. The highest BCUT2D eigenvalue weighted by Gasteiger charge is 2.21. The number of carboxylic acid groups (broad SMARTS) is 1. The monoisotopic (exact) mass is 228 g/mol. The van der Waals surface area contributed by atoms with Crippen LogP contribution in [0.2, 0.25) is 0 Å². The molecule has 1 rings (SSSR count). The number of carboxylic acids is 1. The highest BCUT2D eigenvalue weighted by atomic mass is 16.5. The zero-order valence-electron chi connectivity index (χ0n) is 8.89. The Morgan fingerprint density at radius 3 is 2.81 bits per heavy atom. The maximum atomic E-state index is 11.5. The Balaban J connectivity index is 2.07. The van der Waals surface area contributed by atoms with E-state index in [1.165, 1.54) is 0 Å². The molecule has 0 aromatic carbocycles. The SMILES string of the molecule is NC1C=CC(C(=O)NCCOCC(=O)O)C1. The summed E-state index contributed by atoms with van der Waals surface area (Å²) >= 11 is 0. The fraction of sp³-hybridized carbons (Fsp3) is 0.600. The van der Waals surface area contributed by atoms with E-state index in [2.05, 4.69) is 5.32 Å². The molecular weight excluding hydrogens is 212 g/mol. The quantitative estimate of drug-likeness (QED) is 0.404. The third-order valence-corrected chi connectivity index (χ3v) is 2.22. The van der Waals surface area contributed by atoms with E-state index in [4.69, 9.17) is 15.6 Å². The molecule has 0 aromatic heterocycles. The van der Waals surface area contributed by atoms with Gasteiger partial charge >= 0.3 is 5.97 Å². The summed E-state index contributed by atoms with van der Waals surface area (Å²) in [5, 5.41) is 10.9. The van der Waals surface area contributed by atoms with E-state index in [0.717, 1.165) is 0 Å². The lowest BCUT2D eigenvalue weighted by molar-refractivity contribution is -0.142. The van der Waals surface area contributed by atoms with E-state index in [1.807, 2.05) is 6.08 Å². The van der Waals surface area contributed by atoms with Gasteiger partial charge in [-0.15, -0.1) is 0 Å². The zero-order chi connectivity index (χ0) is 12.0. The molecule has 1 amide bonds. The number of hydrogen-bond donors (Lipinski definition) is 3. The first-order chi connectivity index (χ1) is 7.59. The van der Waals surface area contributed by atoms with Gasteiger partial charge in [0.25, 0.3) is 0 Å². The Bertz CT molecular complexity index is 291. The normalized spacial score (nSPS) is 23.3. The van der Waals surface area contributed by atoms with E-state index in [-0.39, 0.29) is 31.1 Å². The van der Waals surface area contributed by atoms with Crippen LogP contribution in [0.5, 0.6) is 0 Å². The van der Waals surface area contributed by atoms with Crippen molar-refractivity contribution in [2.75, 3.05) is 19.8 Å². The average molecular weight is 228 g/mol. The summed E-state index contributed by atoms with van der Waals surface area (Å²) in [6.07, 6.45) is 4.23. The van der Waals surface area contributed by atoms with Gasteiger partial charge in [0.2, 0.25) is 5.91 Å². The standard InChI is InChI=1S/C10H16N2O4/c11-8-2-1-7(5-8)10(15)12-3-4-16-6-9(13)14/h1-2,7-8H,3-6,11H2,(H,12,15)(H,13,14). The predicted molar refractivity (Wildman–Crippen MR) is 56.7 cm³/mol. The van der Waals surface area contributed by atoms with Gasteiger partial charge in [-0.2, -0.15) is 0 Å². The van der Waals surface area contributed by atoms with Gasteiger partial charge in [-0.3, -0.25) is 4.79 Å². The van der Waals surface area contributed by atoms with Crippen LogP contribution in [0.4, 0.5) is 0 Å². The van der Waals surface area contributed by atoms with Gasteiger partial charge in [-0.25, -0.2) is 4.79 Å². The molecule has 0 radical (unpaired) electrons. The molecule has 2 atom stereocenters. The maximum Gasteiger partial charge on any atom is 0.329 e. The van der Waals surface area contributed by atoms with E-state index < -0.39 is 5.97 Å². The molecule has 1 aliphatic carbocycles. The molecule has 0 saturated heterocycles. The van der Waals surface area contributed by atoms with Gasteiger partial charge in [0.15, 0.2) is 0 Å². The molecule has 16 heavy (non-hydrogen) atoms. The van der Waals surface area contributed by atoms with Gasteiger partial charge in [-0.1, -0.05) is 12.2 Å². The van der Waals surface area contributed by atoms with Crippen molar-refractivity contribution in [2.24, 2.45) is 11.7 Å². The van der Waals surface area contributed by atoms with E-state index in [1.54, 1.807) is 6.08 Å². The fourth-order valence-electron chi connectivity index (χ4n) is 1.46. The molecule has 0 fully saturated rings. The minimum Gasteiger partial charge on any atom is -0.480 e. The third-order valence-electron chi connectivity index (χ3n) is 2.22. The summed E-state index contributed by atoms with van der Waals surface area (Å²) in [5.74, 6) is -1.28. The summed E-state index contributed by atoms with van der Waals surface area (Å²) in [6.45, 7) is 0.163. The van der Waals surface area contributed by atoms with Crippen LogP contribution in [0, 0.1) is 5.92 Å². The number of hydrogen-bond acceptors (Lipinski definition) is 4. The van der Waals surface area contributed by atoms with Crippen LogP contribution in [0.1, 0.15) is 6.42 Å². The van der Waals surface area contributed by atoms with Gasteiger partial charge in [-0.05, 0) is 6.42 Å². The number of amides is 1. The van der Waals surface area contributed by atoms with Crippen molar-refractivity contribution in [3.63, 3.8) is 0 Å². The second-order valence-corrected chi connectivity index (χ2v) is 3.63. The molecule has 6 heteroatoms. The van der Waals surface area contributed by atoms with Crippen molar-refractivity contribution < 1.29 is 19.4 Å². The molecule has 1 aliphatic rings. The van der Waals surface area contributed by atoms with Crippen molar-refractivity contribution in [1.82, 2.24) is 5.32 Å². The largest absolute Gasteiger partial charge is 0.480 e. The first kappa shape index (κ1) is 12.7. The Hall–Kier alpha value is -1.40. The Kier molecular flexibility index (Phi) is 4.94. The number of ether oxygens (including phenoxy) is 1. The van der Waals surface area contributed by atoms with E-state index in [9.17, 15) is 9.59 Å². The average Bonchev–Trinajstić information content (AvgIpc) is 2.63. The Labute approximate surface area is 93.4 Å². The van der Waals surface area contributed by atoms with Crippen molar-refractivity contribution in [3.05, 3.63) is 12.2 Å². The number of rotatable bonds is 6. The van der Waals surface area contributed by atoms with Crippen LogP contribution in [-0.4, -0.2) is 42.8 Å². The molecule has 0 aromatic rings. The third kappa shape index (κ3) is 4.41. The lowest BCUT2D eigenvalue weighted by atomic mass is 10.1. The summed E-state index contributed by atoms with van der Waals surface area (Å²) in [6, 6.07) is -0.0426. The first-order valence-corrected chi connectivity index (χ1v) is 5.10. The molecule has 4 N–H and O–H groups in total. The second kappa shape index (κ2) is 6.24. The van der Waals surface area contributed by atoms with Crippen LogP contribution >= 0.6 is 0 Å². The predicted octanol–water partition coefficient (Wildman–Crippen LogP) is -0.893. The smallest absolute Gasteiger partial charge is 0.329 e. The highest BCUT2D eigenvalue weighted by Crippen LogP contribution is 2.15. The van der Waals surface area contributed by atoms with Crippen LogP contribution in [0.15, 0.2) is 12.2 Å². The van der Waals surface area contributed by atoms with Crippen molar-refractivity contribution >= 4 is 11.9 Å². The fourth-order valence-corrected chi connectivity index (χ4v) is 1.46. The topological polar surface area (TPSA) is 102 Å². The van der Waals surface area contributed by atoms with Crippen LogP contribution in [-0.2, 0) is 14.3 Å². The van der Waals surface area contributed by atoms with Crippen LogP contribution in [0.3, 0.4) is 0 Å². The van der Waals surface area contributed by atoms with Gasteiger partial charge in [0.05, 0.1) is 12.5 Å². The van der Waals surface area contributed by atoms with E-state index in [0.29, 0.717) is 13.0 Å². The van der Waals surface area contributed by atoms with Gasteiger partial charge in [0, 0.05) is 12.6 Å². The maximum absolute atomic E-state index is 11.5. The van der Waals surface area contributed by atoms with E-state index >= 15 is 0 Å². The Morgan fingerprint density at radius 2 is 2.25 bits per heavy atom. The minimum absolute atomic E-state index is 0.0426. The molecule has 90 valence electrons. The van der Waals surface area contributed by atoms with Gasteiger partial charge in [0.1, 0.15) is 6.61 Å². The molecule has 6 nitrogen and oxygen atoms in total. The first-order valence-electron chi connectivity index (χ1n) is 5.10. The lowest BCUT2D eigenvalue weighted by Crippen LogP contribution is -2.33. The molecular formula is C10H16N2O4. The van der Waals surface area contributed by atoms with Crippen molar-refractivity contribution in [3.8, 4) is 0 Å². The number of nitrogens with one attached hydrogen (secondary N) is 1. The number of nitrogens with two attached hydrogens (primary N) is 1. The number of aliphatic carboxylic acids is 1. The minimum atomic E-state index is -1.02. The Morgan fingerprint density at radius 1 is 1.50 bits per heavy atom. The molecule has 0 bridgehead atoms. The number of carbonyl (C=O) groups excluding carboxylic acids is 1. The molecule has 0 spiro atoms. The van der Waals surface area contributed by atoms with Gasteiger partial charge < -0.3 is 20.9 Å². The second-order valence-electron chi connectivity index (χ2n) is 3.63. The lowest BCUT2D eigenvalue weighted by Gasteiger charge is -2.10. The summed E-state index contributed by atoms with van der Waals surface area (Å²) < 4.78 is 4.77. The summed E-state index contributed by atoms with van der Waals surface area (Å²) in [4.78, 5) is 21.6.